The summed E-state index contributed by atoms with van der Waals surface area (Å²) >= 11 is 0. The highest BCUT2D eigenvalue weighted by Crippen LogP contribution is 2.30. The number of carbonyl (C=O) groups excluding carboxylic acids is 1. The second kappa shape index (κ2) is 7.13. The summed E-state index contributed by atoms with van der Waals surface area (Å²) in [6.45, 7) is 0. The van der Waals surface area contributed by atoms with E-state index in [9.17, 15) is 4.79 Å². The first-order valence-corrected chi connectivity index (χ1v) is 7.62. The maximum absolute atomic E-state index is 12.0. The molecule has 0 saturated carbocycles. The summed E-state index contributed by atoms with van der Waals surface area (Å²) in [5.74, 6) is 7.12. The van der Waals surface area contributed by atoms with E-state index in [4.69, 9.17) is 9.47 Å². The summed E-state index contributed by atoms with van der Waals surface area (Å²) in [4.78, 5) is 12.0. The van der Waals surface area contributed by atoms with E-state index in [0.717, 1.165) is 16.9 Å². The predicted molar refractivity (Wildman–Crippen MR) is 88.2 cm³/mol. The summed E-state index contributed by atoms with van der Waals surface area (Å²) in [6.07, 6.45) is 0.156. The smallest absolute Gasteiger partial charge is 0.139 e. The fourth-order valence-electron chi connectivity index (χ4n) is 2.58. The van der Waals surface area contributed by atoms with Crippen LogP contribution in [0.2, 0.25) is 0 Å². The molecule has 0 amide bonds. The number of ketones is 1. The Hall–Kier alpha value is -2.57. The molecule has 1 heterocycles. The molecule has 116 valence electrons. The van der Waals surface area contributed by atoms with Crippen molar-refractivity contribution >= 4 is 5.78 Å². The molecule has 1 aliphatic heterocycles. The van der Waals surface area contributed by atoms with Crippen molar-refractivity contribution in [3.05, 3.63) is 65.7 Å². The Balaban J connectivity index is 1.74. The zero-order valence-corrected chi connectivity index (χ0v) is 13.0. The molecule has 3 heteroatoms. The molecule has 0 radical (unpaired) electrons. The Morgan fingerprint density at radius 1 is 1.04 bits per heavy atom. The Labute approximate surface area is 136 Å². The van der Waals surface area contributed by atoms with Crippen molar-refractivity contribution in [3.63, 3.8) is 0 Å². The minimum absolute atomic E-state index is 0.185. The van der Waals surface area contributed by atoms with Gasteiger partial charge in [0.2, 0.25) is 0 Å². The Morgan fingerprint density at radius 2 is 1.78 bits per heavy atom. The monoisotopic (exact) mass is 306 g/mol. The van der Waals surface area contributed by atoms with E-state index in [0.29, 0.717) is 12.8 Å². The van der Waals surface area contributed by atoms with Gasteiger partial charge in [0.25, 0.3) is 0 Å². The van der Waals surface area contributed by atoms with Gasteiger partial charge in [0.05, 0.1) is 13.2 Å². The lowest BCUT2D eigenvalue weighted by molar-refractivity contribution is -0.132. The molecule has 0 aliphatic carbocycles. The SMILES string of the molecule is COc1ccc([C@@H]2CC(=O)C[C@H](C#Cc3ccccc3)O2)cc1. The molecule has 0 bridgehead atoms. The van der Waals surface area contributed by atoms with Crippen molar-refractivity contribution in [2.45, 2.75) is 25.0 Å². The van der Waals surface area contributed by atoms with Gasteiger partial charge in [0, 0.05) is 18.4 Å². The minimum atomic E-state index is -0.358. The quantitative estimate of drug-likeness (QED) is 0.796. The zero-order valence-electron chi connectivity index (χ0n) is 13.0. The van der Waals surface area contributed by atoms with E-state index in [1.54, 1.807) is 7.11 Å². The fourth-order valence-corrected chi connectivity index (χ4v) is 2.58. The number of methoxy groups -OCH3 is 1. The van der Waals surface area contributed by atoms with Crippen molar-refractivity contribution in [3.8, 4) is 17.6 Å². The first-order chi connectivity index (χ1) is 11.2. The molecule has 2 atom stereocenters. The van der Waals surface area contributed by atoms with Gasteiger partial charge in [-0.05, 0) is 29.8 Å². The number of hydrogen-bond acceptors (Lipinski definition) is 3. The average Bonchev–Trinajstić information content (AvgIpc) is 2.60. The lowest BCUT2D eigenvalue weighted by atomic mass is 9.97. The van der Waals surface area contributed by atoms with Gasteiger partial charge < -0.3 is 9.47 Å². The standard InChI is InChI=1S/C20H18O3/c1-22-18-11-8-16(9-12-18)20-14-17(21)13-19(23-20)10-7-15-5-3-2-4-6-15/h2-6,8-9,11-12,19-20H,13-14H2,1H3/t19-,20-/m0/s1. The number of rotatable bonds is 2. The zero-order chi connectivity index (χ0) is 16.1. The Morgan fingerprint density at radius 3 is 2.48 bits per heavy atom. The van der Waals surface area contributed by atoms with Crippen LogP contribution in [0.4, 0.5) is 0 Å². The first-order valence-electron chi connectivity index (χ1n) is 7.62. The molecule has 0 aromatic heterocycles. The lowest BCUT2D eigenvalue weighted by Crippen LogP contribution is -2.27. The van der Waals surface area contributed by atoms with Gasteiger partial charge in [0.1, 0.15) is 17.6 Å². The highest BCUT2D eigenvalue weighted by atomic mass is 16.5. The molecule has 2 aromatic carbocycles. The first kappa shape index (κ1) is 15.3. The third-order valence-corrected chi connectivity index (χ3v) is 3.79. The highest BCUT2D eigenvalue weighted by molar-refractivity contribution is 5.80. The minimum Gasteiger partial charge on any atom is -0.497 e. The Kier molecular flexibility index (Phi) is 4.75. The summed E-state index contributed by atoms with van der Waals surface area (Å²) in [6, 6.07) is 17.3. The molecule has 0 spiro atoms. The molecule has 0 unspecified atom stereocenters. The van der Waals surface area contributed by atoms with Gasteiger partial charge in [-0.3, -0.25) is 4.79 Å². The van der Waals surface area contributed by atoms with Gasteiger partial charge in [0.15, 0.2) is 0 Å². The molecule has 3 nitrogen and oxygen atoms in total. The molecule has 3 rings (SSSR count). The molecule has 2 aromatic rings. The van der Waals surface area contributed by atoms with Crippen molar-refractivity contribution in [2.75, 3.05) is 7.11 Å². The van der Waals surface area contributed by atoms with Crippen LogP contribution in [0.1, 0.15) is 30.1 Å². The van der Waals surface area contributed by atoms with Crippen LogP contribution in [0.15, 0.2) is 54.6 Å². The molecule has 23 heavy (non-hydrogen) atoms. The van der Waals surface area contributed by atoms with Crippen LogP contribution in [0.3, 0.4) is 0 Å². The van der Waals surface area contributed by atoms with E-state index in [2.05, 4.69) is 11.8 Å². The van der Waals surface area contributed by atoms with Crippen LogP contribution in [0.25, 0.3) is 0 Å². The van der Waals surface area contributed by atoms with Crippen molar-refractivity contribution in [1.82, 2.24) is 0 Å². The van der Waals surface area contributed by atoms with Crippen molar-refractivity contribution < 1.29 is 14.3 Å². The van der Waals surface area contributed by atoms with Crippen LogP contribution in [-0.2, 0) is 9.53 Å². The molecule has 1 fully saturated rings. The van der Waals surface area contributed by atoms with E-state index >= 15 is 0 Å². The number of ether oxygens (including phenoxy) is 2. The van der Waals surface area contributed by atoms with Crippen LogP contribution in [-0.4, -0.2) is 19.0 Å². The maximum atomic E-state index is 12.0. The molecule has 1 saturated heterocycles. The normalized spacial score (nSPS) is 20.5. The Bertz CT molecular complexity index is 723. The summed E-state index contributed by atoms with van der Waals surface area (Å²) in [5, 5.41) is 0. The third-order valence-electron chi connectivity index (χ3n) is 3.79. The van der Waals surface area contributed by atoms with Crippen LogP contribution < -0.4 is 4.74 Å². The van der Waals surface area contributed by atoms with E-state index in [1.165, 1.54) is 0 Å². The summed E-state index contributed by atoms with van der Waals surface area (Å²) in [7, 11) is 1.63. The molecular formula is C20H18O3. The van der Waals surface area contributed by atoms with Gasteiger partial charge in [-0.2, -0.15) is 0 Å². The summed E-state index contributed by atoms with van der Waals surface area (Å²) < 4.78 is 11.2. The second-order valence-corrected chi connectivity index (χ2v) is 5.47. The largest absolute Gasteiger partial charge is 0.497 e. The van der Waals surface area contributed by atoms with E-state index in [1.807, 2.05) is 54.6 Å². The van der Waals surface area contributed by atoms with Crippen LogP contribution >= 0.6 is 0 Å². The van der Waals surface area contributed by atoms with Gasteiger partial charge in [-0.15, -0.1) is 0 Å². The van der Waals surface area contributed by atoms with Crippen molar-refractivity contribution in [2.24, 2.45) is 0 Å². The van der Waals surface area contributed by atoms with Gasteiger partial charge in [-0.1, -0.05) is 42.2 Å². The van der Waals surface area contributed by atoms with Crippen molar-refractivity contribution in [1.29, 1.82) is 0 Å². The third kappa shape index (κ3) is 4.00. The van der Waals surface area contributed by atoms with Gasteiger partial charge in [-0.25, -0.2) is 0 Å². The number of carbonyl (C=O) groups is 1. The lowest BCUT2D eigenvalue weighted by Gasteiger charge is -2.26. The van der Waals surface area contributed by atoms with E-state index < -0.39 is 0 Å². The number of Topliss-reactive ketones (excluding diaryl/α,β-unsaturated/α-hetero) is 1. The van der Waals surface area contributed by atoms with Gasteiger partial charge >= 0.3 is 0 Å². The number of hydrogen-bond donors (Lipinski definition) is 0. The van der Waals surface area contributed by atoms with Crippen LogP contribution in [0.5, 0.6) is 5.75 Å². The topological polar surface area (TPSA) is 35.5 Å². The molecular weight excluding hydrogens is 288 g/mol. The summed E-state index contributed by atoms with van der Waals surface area (Å²) in [5.41, 5.74) is 1.90. The molecule has 1 aliphatic rings. The molecule has 0 N–H and O–H groups in total. The number of benzene rings is 2. The predicted octanol–water partition coefficient (Wildman–Crippen LogP) is 3.54. The van der Waals surface area contributed by atoms with Crippen LogP contribution in [0, 0.1) is 11.8 Å². The fraction of sp³-hybridized carbons (Fsp3) is 0.250. The van der Waals surface area contributed by atoms with E-state index in [-0.39, 0.29) is 18.0 Å². The second-order valence-electron chi connectivity index (χ2n) is 5.47. The maximum Gasteiger partial charge on any atom is 0.139 e. The average molecular weight is 306 g/mol. The highest BCUT2D eigenvalue weighted by Gasteiger charge is 2.27.